The predicted octanol–water partition coefficient (Wildman–Crippen LogP) is -1.13. The van der Waals surface area contributed by atoms with Crippen molar-refractivity contribution in [2.45, 2.75) is 6.54 Å². The van der Waals surface area contributed by atoms with E-state index in [9.17, 15) is 4.79 Å². The van der Waals surface area contributed by atoms with Crippen LogP contribution < -0.4 is 5.73 Å². The lowest BCUT2D eigenvalue weighted by Gasteiger charge is -2.10. The van der Waals surface area contributed by atoms with Gasteiger partial charge in [-0.1, -0.05) is 5.21 Å². The van der Waals surface area contributed by atoms with Crippen LogP contribution in [0.15, 0.2) is 6.20 Å². The molecule has 0 saturated heterocycles. The summed E-state index contributed by atoms with van der Waals surface area (Å²) in [6, 6.07) is 0. The summed E-state index contributed by atoms with van der Waals surface area (Å²) >= 11 is 0. The van der Waals surface area contributed by atoms with Gasteiger partial charge in [-0.3, -0.25) is 14.3 Å². The summed E-state index contributed by atoms with van der Waals surface area (Å²) in [6.45, 7) is 0.994. The largest absolute Gasteiger partial charge is 0.329 e. The number of carbonyl (C=O) groups is 1. The second-order valence-corrected chi connectivity index (χ2v) is 2.64. The zero-order valence-electron chi connectivity index (χ0n) is 8.17. The molecule has 0 spiro atoms. The Balaban J connectivity index is 2.71. The van der Waals surface area contributed by atoms with Crippen molar-refractivity contribution in [3.05, 3.63) is 11.9 Å². The molecule has 1 aromatic rings. The molecule has 0 aliphatic carbocycles. The molecule has 0 aromatic carbocycles. The highest BCUT2D eigenvalue weighted by atomic mass is 16.7. The van der Waals surface area contributed by atoms with Crippen molar-refractivity contribution in [2.75, 3.05) is 20.7 Å². The summed E-state index contributed by atoms with van der Waals surface area (Å²) < 4.78 is 1.51. The molecule has 0 unspecified atom stereocenters. The molecule has 0 atom stereocenters. The fourth-order valence-electron chi connectivity index (χ4n) is 0.882. The van der Waals surface area contributed by atoms with E-state index in [4.69, 9.17) is 10.6 Å². The Morgan fingerprint density at radius 1 is 1.79 bits per heavy atom. The third-order valence-corrected chi connectivity index (χ3v) is 1.68. The number of hydrogen-bond acceptors (Lipinski definition) is 5. The van der Waals surface area contributed by atoms with Gasteiger partial charge in [0.05, 0.1) is 19.9 Å². The Morgan fingerprint density at radius 2 is 2.50 bits per heavy atom. The smallest absolute Gasteiger partial charge is 0.299 e. The first kappa shape index (κ1) is 10.6. The monoisotopic (exact) mass is 199 g/mol. The quantitative estimate of drug-likeness (QED) is 0.620. The number of rotatable bonds is 4. The lowest BCUT2D eigenvalue weighted by atomic mass is 10.4. The SMILES string of the molecule is CON(C)C(=O)c1cn(CCN)nn1. The van der Waals surface area contributed by atoms with E-state index in [-0.39, 0.29) is 11.6 Å². The van der Waals surface area contributed by atoms with Crippen LogP contribution in [0.3, 0.4) is 0 Å². The molecule has 2 N–H and O–H groups in total. The lowest BCUT2D eigenvalue weighted by molar-refractivity contribution is -0.0760. The number of aromatic nitrogens is 3. The van der Waals surface area contributed by atoms with E-state index in [1.54, 1.807) is 0 Å². The molecule has 0 aliphatic heterocycles. The zero-order valence-corrected chi connectivity index (χ0v) is 8.17. The van der Waals surface area contributed by atoms with E-state index >= 15 is 0 Å². The Kier molecular flexibility index (Phi) is 3.55. The number of nitrogens with two attached hydrogens (primary N) is 1. The summed E-state index contributed by atoms with van der Waals surface area (Å²) in [4.78, 5) is 16.2. The highest BCUT2D eigenvalue weighted by molar-refractivity contribution is 5.90. The van der Waals surface area contributed by atoms with Gasteiger partial charge in [0.2, 0.25) is 0 Å². The van der Waals surface area contributed by atoms with Crippen molar-refractivity contribution < 1.29 is 9.63 Å². The van der Waals surface area contributed by atoms with Gasteiger partial charge in [-0.25, -0.2) is 5.06 Å². The molecular weight excluding hydrogens is 186 g/mol. The zero-order chi connectivity index (χ0) is 10.6. The third-order valence-electron chi connectivity index (χ3n) is 1.68. The van der Waals surface area contributed by atoms with E-state index in [2.05, 4.69) is 10.3 Å². The summed E-state index contributed by atoms with van der Waals surface area (Å²) in [7, 11) is 2.91. The van der Waals surface area contributed by atoms with Gasteiger partial charge in [-0.15, -0.1) is 5.10 Å². The molecule has 0 bridgehead atoms. The molecule has 7 heteroatoms. The van der Waals surface area contributed by atoms with Gasteiger partial charge in [0, 0.05) is 13.6 Å². The molecule has 1 heterocycles. The first-order chi connectivity index (χ1) is 6.69. The van der Waals surface area contributed by atoms with Crippen LogP contribution in [0.4, 0.5) is 0 Å². The van der Waals surface area contributed by atoms with Crippen molar-refractivity contribution in [1.82, 2.24) is 20.1 Å². The van der Waals surface area contributed by atoms with Gasteiger partial charge in [-0.2, -0.15) is 0 Å². The van der Waals surface area contributed by atoms with Gasteiger partial charge in [0.15, 0.2) is 5.69 Å². The van der Waals surface area contributed by atoms with E-state index in [0.717, 1.165) is 5.06 Å². The Labute approximate surface area is 81.4 Å². The van der Waals surface area contributed by atoms with Crippen molar-refractivity contribution in [3.63, 3.8) is 0 Å². The molecule has 78 valence electrons. The fraction of sp³-hybridized carbons (Fsp3) is 0.571. The van der Waals surface area contributed by atoms with Gasteiger partial charge in [0.25, 0.3) is 5.91 Å². The second kappa shape index (κ2) is 4.68. The minimum Gasteiger partial charge on any atom is -0.329 e. The molecule has 0 saturated carbocycles. The Morgan fingerprint density at radius 3 is 3.07 bits per heavy atom. The summed E-state index contributed by atoms with van der Waals surface area (Å²) in [5.41, 5.74) is 5.56. The molecule has 0 aliphatic rings. The van der Waals surface area contributed by atoms with Gasteiger partial charge in [0.1, 0.15) is 0 Å². The predicted molar refractivity (Wildman–Crippen MR) is 48.2 cm³/mol. The van der Waals surface area contributed by atoms with Crippen LogP contribution in [0.2, 0.25) is 0 Å². The molecule has 0 radical (unpaired) electrons. The van der Waals surface area contributed by atoms with Gasteiger partial charge >= 0.3 is 0 Å². The average molecular weight is 199 g/mol. The fourth-order valence-corrected chi connectivity index (χ4v) is 0.882. The maximum atomic E-state index is 11.4. The standard InChI is InChI=1S/C7H13N5O2/c1-11(14-2)7(13)6-5-12(4-3-8)10-9-6/h5H,3-4,8H2,1-2H3. The highest BCUT2D eigenvalue weighted by Gasteiger charge is 2.14. The number of carbonyl (C=O) groups excluding carboxylic acids is 1. The minimum atomic E-state index is -0.337. The number of hydrogen-bond donors (Lipinski definition) is 1. The molecule has 14 heavy (non-hydrogen) atoms. The molecule has 1 rings (SSSR count). The number of hydroxylamine groups is 2. The van der Waals surface area contributed by atoms with Crippen LogP contribution in [0.1, 0.15) is 10.5 Å². The Bertz CT molecular complexity index is 311. The van der Waals surface area contributed by atoms with Gasteiger partial charge in [-0.05, 0) is 0 Å². The normalized spacial score (nSPS) is 10.2. The van der Waals surface area contributed by atoms with Crippen molar-refractivity contribution >= 4 is 5.91 Å². The van der Waals surface area contributed by atoms with Crippen molar-refractivity contribution in [2.24, 2.45) is 5.73 Å². The van der Waals surface area contributed by atoms with Crippen LogP contribution in [-0.2, 0) is 11.4 Å². The lowest BCUT2D eigenvalue weighted by Crippen LogP contribution is -2.25. The van der Waals surface area contributed by atoms with Crippen molar-refractivity contribution in [3.8, 4) is 0 Å². The maximum Gasteiger partial charge on any atom is 0.299 e. The van der Waals surface area contributed by atoms with E-state index in [1.807, 2.05) is 0 Å². The molecular formula is C7H13N5O2. The number of amides is 1. The topological polar surface area (TPSA) is 86.3 Å². The molecule has 0 fully saturated rings. The average Bonchev–Trinajstić information content (AvgIpc) is 2.64. The van der Waals surface area contributed by atoms with Crippen LogP contribution in [-0.4, -0.2) is 46.7 Å². The highest BCUT2D eigenvalue weighted by Crippen LogP contribution is 1.98. The number of nitrogens with zero attached hydrogens (tertiary/aromatic N) is 4. The maximum absolute atomic E-state index is 11.4. The van der Waals surface area contributed by atoms with E-state index in [1.165, 1.54) is 25.0 Å². The molecule has 7 nitrogen and oxygen atoms in total. The van der Waals surface area contributed by atoms with E-state index < -0.39 is 0 Å². The Hall–Kier alpha value is -1.47. The van der Waals surface area contributed by atoms with Gasteiger partial charge < -0.3 is 5.73 Å². The van der Waals surface area contributed by atoms with Crippen LogP contribution in [0.5, 0.6) is 0 Å². The third kappa shape index (κ3) is 2.27. The molecule has 1 amide bonds. The van der Waals surface area contributed by atoms with Crippen LogP contribution in [0.25, 0.3) is 0 Å². The minimum absolute atomic E-state index is 0.239. The first-order valence-corrected chi connectivity index (χ1v) is 4.11. The summed E-state index contributed by atoms with van der Waals surface area (Å²) in [6.07, 6.45) is 1.53. The summed E-state index contributed by atoms with van der Waals surface area (Å²) in [5, 5.41) is 8.50. The second-order valence-electron chi connectivity index (χ2n) is 2.64. The van der Waals surface area contributed by atoms with Crippen LogP contribution in [0, 0.1) is 0 Å². The molecule has 1 aromatic heterocycles. The van der Waals surface area contributed by atoms with Crippen LogP contribution >= 0.6 is 0 Å². The van der Waals surface area contributed by atoms with Crippen molar-refractivity contribution in [1.29, 1.82) is 0 Å². The van der Waals surface area contributed by atoms with E-state index in [0.29, 0.717) is 13.1 Å². The summed E-state index contributed by atoms with van der Waals surface area (Å²) in [5.74, 6) is -0.337. The first-order valence-electron chi connectivity index (χ1n) is 4.11.